The van der Waals surface area contributed by atoms with Gasteiger partial charge in [0.2, 0.25) is 5.82 Å². The molecule has 6 heteroatoms. The third-order valence-corrected chi connectivity index (χ3v) is 3.06. The first kappa shape index (κ1) is 15.2. The molecule has 0 spiro atoms. The molecule has 1 heterocycles. The first-order chi connectivity index (χ1) is 9.79. The number of aliphatic hydroxyl groups is 1. The molecule has 21 heavy (non-hydrogen) atoms. The van der Waals surface area contributed by atoms with E-state index in [9.17, 15) is 9.90 Å². The number of hydrogen-bond acceptors (Lipinski definition) is 4. The van der Waals surface area contributed by atoms with E-state index in [1.807, 2.05) is 26.8 Å². The van der Waals surface area contributed by atoms with E-state index in [0.717, 1.165) is 0 Å². The summed E-state index contributed by atoms with van der Waals surface area (Å²) in [4.78, 5) is 16.4. The lowest BCUT2D eigenvalue weighted by Crippen LogP contribution is -2.17. The minimum Gasteiger partial charge on any atom is -0.389 e. The highest BCUT2D eigenvalue weighted by atomic mass is 16.3. The highest BCUT2D eigenvalue weighted by molar-refractivity contribution is 6.02. The van der Waals surface area contributed by atoms with Gasteiger partial charge in [-0.05, 0) is 13.0 Å². The van der Waals surface area contributed by atoms with E-state index in [2.05, 4.69) is 20.5 Å². The Bertz CT molecular complexity index is 641. The first-order valence-corrected chi connectivity index (χ1v) is 6.80. The van der Waals surface area contributed by atoms with Crippen molar-refractivity contribution < 1.29 is 9.90 Å². The molecule has 1 aromatic heterocycles. The van der Waals surface area contributed by atoms with E-state index in [4.69, 9.17) is 0 Å². The molecule has 0 aliphatic rings. The Morgan fingerprint density at radius 2 is 2.00 bits per heavy atom. The Hall–Kier alpha value is -2.21. The minimum absolute atomic E-state index is 0.0836. The van der Waals surface area contributed by atoms with Crippen molar-refractivity contribution in [3.8, 4) is 0 Å². The maximum absolute atomic E-state index is 12.2. The molecule has 112 valence electrons. The molecule has 1 amide bonds. The van der Waals surface area contributed by atoms with Crippen molar-refractivity contribution in [3.05, 3.63) is 41.5 Å². The van der Waals surface area contributed by atoms with E-state index >= 15 is 0 Å². The summed E-state index contributed by atoms with van der Waals surface area (Å²) in [6.07, 6.45) is -0.668. The molecule has 0 aliphatic carbocycles. The van der Waals surface area contributed by atoms with E-state index in [1.165, 1.54) is 0 Å². The van der Waals surface area contributed by atoms with Gasteiger partial charge in [0.15, 0.2) is 0 Å². The Morgan fingerprint density at radius 3 is 2.57 bits per heavy atom. The fourth-order valence-corrected chi connectivity index (χ4v) is 1.85. The summed E-state index contributed by atoms with van der Waals surface area (Å²) in [5.74, 6) is 0.326. The smallest absolute Gasteiger partial charge is 0.295 e. The number of hydrogen-bond donors (Lipinski definition) is 3. The molecule has 6 nitrogen and oxygen atoms in total. The standard InChI is InChI=1S/C15H20N4O2/c1-9(20)10-7-5-6-8-11(10)16-13(21)12-17-14(19-18-12)15(2,3)4/h5-9,20H,1-4H3,(H,16,21)(H,17,18,19). The van der Waals surface area contributed by atoms with Crippen LogP contribution in [-0.2, 0) is 5.41 Å². The number of nitrogens with one attached hydrogen (secondary N) is 2. The van der Waals surface area contributed by atoms with Crippen LogP contribution in [0.3, 0.4) is 0 Å². The molecular formula is C15H20N4O2. The van der Waals surface area contributed by atoms with Crippen LogP contribution < -0.4 is 5.32 Å². The van der Waals surface area contributed by atoms with Crippen molar-refractivity contribution in [1.29, 1.82) is 0 Å². The van der Waals surface area contributed by atoms with Crippen LogP contribution in [-0.4, -0.2) is 26.2 Å². The first-order valence-electron chi connectivity index (χ1n) is 6.80. The summed E-state index contributed by atoms with van der Waals surface area (Å²) in [7, 11) is 0. The Labute approximate surface area is 123 Å². The Kier molecular flexibility index (Phi) is 4.09. The number of nitrogens with zero attached hydrogens (tertiary/aromatic N) is 2. The molecule has 0 saturated heterocycles. The Balaban J connectivity index is 2.21. The molecule has 0 radical (unpaired) electrons. The molecule has 1 aromatic carbocycles. The van der Waals surface area contributed by atoms with Crippen LogP contribution in [0, 0.1) is 0 Å². The number of carbonyl (C=O) groups excluding carboxylic acids is 1. The van der Waals surface area contributed by atoms with Gasteiger partial charge in [0.05, 0.1) is 6.10 Å². The van der Waals surface area contributed by atoms with Crippen molar-refractivity contribution in [3.63, 3.8) is 0 Å². The van der Waals surface area contributed by atoms with E-state index in [1.54, 1.807) is 25.1 Å². The fraction of sp³-hybridized carbons (Fsp3) is 0.400. The molecule has 0 aliphatic heterocycles. The number of rotatable bonds is 3. The second-order valence-electron chi connectivity index (χ2n) is 5.97. The normalized spacial score (nSPS) is 13.0. The quantitative estimate of drug-likeness (QED) is 0.809. The second kappa shape index (κ2) is 5.65. The number of aromatic amines is 1. The highest BCUT2D eigenvalue weighted by Crippen LogP contribution is 2.23. The lowest BCUT2D eigenvalue weighted by molar-refractivity contribution is 0.101. The summed E-state index contributed by atoms with van der Waals surface area (Å²) < 4.78 is 0. The van der Waals surface area contributed by atoms with Crippen molar-refractivity contribution in [2.24, 2.45) is 0 Å². The van der Waals surface area contributed by atoms with Crippen molar-refractivity contribution >= 4 is 11.6 Å². The number of carbonyl (C=O) groups is 1. The molecule has 2 aromatic rings. The average Bonchev–Trinajstić information content (AvgIpc) is 2.88. The Morgan fingerprint density at radius 1 is 1.33 bits per heavy atom. The van der Waals surface area contributed by atoms with Gasteiger partial charge in [-0.25, -0.2) is 4.98 Å². The fourth-order valence-electron chi connectivity index (χ4n) is 1.85. The number of H-pyrrole nitrogens is 1. The third kappa shape index (κ3) is 3.46. The van der Waals surface area contributed by atoms with Crippen LogP contribution in [0.4, 0.5) is 5.69 Å². The topological polar surface area (TPSA) is 90.9 Å². The molecule has 0 bridgehead atoms. The monoisotopic (exact) mass is 288 g/mol. The lowest BCUT2D eigenvalue weighted by atomic mass is 9.96. The number of para-hydroxylation sites is 1. The zero-order chi connectivity index (χ0) is 15.6. The third-order valence-electron chi connectivity index (χ3n) is 3.06. The van der Waals surface area contributed by atoms with Crippen LogP contribution >= 0.6 is 0 Å². The molecule has 1 unspecified atom stereocenters. The maximum Gasteiger partial charge on any atom is 0.295 e. The maximum atomic E-state index is 12.2. The summed E-state index contributed by atoms with van der Waals surface area (Å²) >= 11 is 0. The van der Waals surface area contributed by atoms with E-state index in [0.29, 0.717) is 17.1 Å². The molecule has 0 saturated carbocycles. The van der Waals surface area contributed by atoms with Crippen LogP contribution in [0.1, 0.15) is 55.8 Å². The summed E-state index contributed by atoms with van der Waals surface area (Å²) in [6.45, 7) is 7.60. The van der Waals surface area contributed by atoms with E-state index in [-0.39, 0.29) is 11.2 Å². The van der Waals surface area contributed by atoms with Gasteiger partial charge in [-0.2, -0.15) is 0 Å². The number of amides is 1. The highest BCUT2D eigenvalue weighted by Gasteiger charge is 2.21. The second-order valence-corrected chi connectivity index (χ2v) is 5.97. The summed E-state index contributed by atoms with van der Waals surface area (Å²) in [5.41, 5.74) is 1.00. The summed E-state index contributed by atoms with van der Waals surface area (Å²) in [5, 5.41) is 19.2. The van der Waals surface area contributed by atoms with Gasteiger partial charge in [-0.3, -0.25) is 9.89 Å². The van der Waals surface area contributed by atoms with Gasteiger partial charge in [0, 0.05) is 16.7 Å². The van der Waals surface area contributed by atoms with Crippen molar-refractivity contribution in [2.45, 2.75) is 39.2 Å². The zero-order valence-corrected chi connectivity index (χ0v) is 12.6. The van der Waals surface area contributed by atoms with Crippen LogP contribution in [0.2, 0.25) is 0 Å². The van der Waals surface area contributed by atoms with Gasteiger partial charge in [0.25, 0.3) is 5.91 Å². The average molecular weight is 288 g/mol. The van der Waals surface area contributed by atoms with Gasteiger partial charge in [0.1, 0.15) is 5.82 Å². The van der Waals surface area contributed by atoms with Gasteiger partial charge in [-0.15, -0.1) is 5.10 Å². The molecular weight excluding hydrogens is 268 g/mol. The largest absolute Gasteiger partial charge is 0.389 e. The van der Waals surface area contributed by atoms with Crippen LogP contribution in [0.5, 0.6) is 0 Å². The van der Waals surface area contributed by atoms with Crippen LogP contribution in [0.25, 0.3) is 0 Å². The van der Waals surface area contributed by atoms with E-state index < -0.39 is 12.0 Å². The molecule has 3 N–H and O–H groups in total. The minimum atomic E-state index is -0.668. The van der Waals surface area contributed by atoms with Gasteiger partial charge >= 0.3 is 0 Å². The molecule has 1 atom stereocenters. The molecule has 2 rings (SSSR count). The van der Waals surface area contributed by atoms with Crippen molar-refractivity contribution in [2.75, 3.05) is 5.32 Å². The van der Waals surface area contributed by atoms with Gasteiger partial charge < -0.3 is 10.4 Å². The number of anilines is 1. The number of aromatic nitrogens is 3. The SMILES string of the molecule is CC(O)c1ccccc1NC(=O)c1n[nH]c(C(C)(C)C)n1. The number of aliphatic hydroxyl groups excluding tert-OH is 1. The predicted molar refractivity (Wildman–Crippen MR) is 80.1 cm³/mol. The lowest BCUT2D eigenvalue weighted by Gasteiger charge is -2.13. The number of benzene rings is 1. The molecule has 0 fully saturated rings. The predicted octanol–water partition coefficient (Wildman–Crippen LogP) is 2.41. The zero-order valence-electron chi connectivity index (χ0n) is 12.6. The summed E-state index contributed by atoms with van der Waals surface area (Å²) in [6, 6.07) is 7.10. The van der Waals surface area contributed by atoms with Gasteiger partial charge in [-0.1, -0.05) is 39.0 Å². The van der Waals surface area contributed by atoms with Crippen molar-refractivity contribution in [1.82, 2.24) is 15.2 Å². The van der Waals surface area contributed by atoms with Crippen LogP contribution in [0.15, 0.2) is 24.3 Å².